The summed E-state index contributed by atoms with van der Waals surface area (Å²) in [7, 11) is 1.60. The molecule has 4 nitrogen and oxygen atoms in total. The van der Waals surface area contributed by atoms with Gasteiger partial charge in [0.15, 0.2) is 0 Å². The second kappa shape index (κ2) is 8.81. The van der Waals surface area contributed by atoms with Crippen molar-refractivity contribution >= 4 is 23.2 Å². The van der Waals surface area contributed by atoms with Crippen LogP contribution in [0.25, 0.3) is 0 Å². The first-order valence-electron chi connectivity index (χ1n) is 8.91. The second-order valence-electron chi connectivity index (χ2n) is 6.50. The Morgan fingerprint density at radius 2 is 1.82 bits per heavy atom. The molecule has 0 radical (unpaired) electrons. The number of ether oxygens (including phenoxy) is 2. The third-order valence-corrected chi connectivity index (χ3v) is 4.85. The molecule has 0 aliphatic rings. The van der Waals surface area contributed by atoms with E-state index in [0.29, 0.717) is 28.6 Å². The fraction of sp³-hybridized carbons (Fsp3) is 0.174. The van der Waals surface area contributed by atoms with Crippen molar-refractivity contribution in [1.29, 1.82) is 0 Å². The Morgan fingerprint density at radius 1 is 1.04 bits per heavy atom. The summed E-state index contributed by atoms with van der Waals surface area (Å²) in [6, 6.07) is 18.5. The molecular weight excluding hydrogens is 374 g/mol. The second-order valence-corrected chi connectivity index (χ2v) is 6.91. The molecular formula is C23H22ClNO3. The maximum absolute atomic E-state index is 12.7. The molecule has 5 heteroatoms. The van der Waals surface area contributed by atoms with Gasteiger partial charge in [0, 0.05) is 21.8 Å². The van der Waals surface area contributed by atoms with E-state index < -0.39 is 0 Å². The molecule has 0 fully saturated rings. The zero-order valence-corrected chi connectivity index (χ0v) is 16.8. The Hall–Kier alpha value is -2.98. The van der Waals surface area contributed by atoms with Crippen LogP contribution in [0.3, 0.4) is 0 Å². The van der Waals surface area contributed by atoms with E-state index in [1.54, 1.807) is 37.4 Å². The lowest BCUT2D eigenvalue weighted by atomic mass is 10.1. The van der Waals surface area contributed by atoms with E-state index in [-0.39, 0.29) is 5.91 Å². The summed E-state index contributed by atoms with van der Waals surface area (Å²) in [6.45, 7) is 4.17. The molecule has 3 aromatic rings. The summed E-state index contributed by atoms with van der Waals surface area (Å²) in [5.41, 5.74) is 3.94. The molecule has 0 aromatic heterocycles. The lowest BCUT2D eigenvalue weighted by Gasteiger charge is -2.13. The van der Waals surface area contributed by atoms with E-state index >= 15 is 0 Å². The lowest BCUT2D eigenvalue weighted by molar-refractivity contribution is 0.102. The standard InChI is InChI=1S/C23H22ClNO3/c1-15-6-4-7-19(12-15)28-14-18-13-17(10-11-22(18)27-3)23(26)25-21-9-5-8-20(24)16(21)2/h4-13H,14H2,1-3H3,(H,25,26). The molecule has 3 aromatic carbocycles. The number of halogens is 1. The van der Waals surface area contributed by atoms with Crippen molar-refractivity contribution in [3.05, 3.63) is 87.9 Å². The molecule has 0 aliphatic heterocycles. The average Bonchev–Trinajstić information content (AvgIpc) is 2.69. The van der Waals surface area contributed by atoms with E-state index in [1.165, 1.54) is 0 Å². The number of amides is 1. The summed E-state index contributed by atoms with van der Waals surface area (Å²) in [6.07, 6.45) is 0. The highest BCUT2D eigenvalue weighted by molar-refractivity contribution is 6.31. The van der Waals surface area contributed by atoms with Crippen LogP contribution in [0.2, 0.25) is 5.02 Å². The van der Waals surface area contributed by atoms with Gasteiger partial charge in [0.25, 0.3) is 5.91 Å². The maximum Gasteiger partial charge on any atom is 0.255 e. The number of rotatable bonds is 6. The van der Waals surface area contributed by atoms with Crippen molar-refractivity contribution in [3.8, 4) is 11.5 Å². The molecule has 28 heavy (non-hydrogen) atoms. The Morgan fingerprint density at radius 3 is 2.57 bits per heavy atom. The minimum absolute atomic E-state index is 0.218. The average molecular weight is 396 g/mol. The van der Waals surface area contributed by atoms with Crippen LogP contribution in [0.4, 0.5) is 5.69 Å². The zero-order chi connectivity index (χ0) is 20.1. The molecule has 0 saturated carbocycles. The van der Waals surface area contributed by atoms with Gasteiger partial charge in [-0.15, -0.1) is 0 Å². The number of carbonyl (C=O) groups excluding carboxylic acids is 1. The summed E-state index contributed by atoms with van der Waals surface area (Å²) < 4.78 is 11.3. The molecule has 0 atom stereocenters. The monoisotopic (exact) mass is 395 g/mol. The quantitative estimate of drug-likeness (QED) is 0.574. The number of anilines is 1. The summed E-state index contributed by atoms with van der Waals surface area (Å²) in [5.74, 6) is 1.22. The van der Waals surface area contributed by atoms with Crippen molar-refractivity contribution in [1.82, 2.24) is 0 Å². The van der Waals surface area contributed by atoms with Gasteiger partial charge >= 0.3 is 0 Å². The first kappa shape index (κ1) is 19.8. The first-order chi connectivity index (χ1) is 13.5. The molecule has 0 aliphatic carbocycles. The molecule has 0 unspecified atom stereocenters. The van der Waals surface area contributed by atoms with Crippen molar-refractivity contribution < 1.29 is 14.3 Å². The number of methoxy groups -OCH3 is 1. The van der Waals surface area contributed by atoms with Crippen LogP contribution in [0, 0.1) is 13.8 Å². The minimum atomic E-state index is -0.218. The van der Waals surface area contributed by atoms with E-state index in [0.717, 1.165) is 22.4 Å². The van der Waals surface area contributed by atoms with Gasteiger partial charge in [-0.1, -0.05) is 29.8 Å². The number of hydrogen-bond acceptors (Lipinski definition) is 3. The minimum Gasteiger partial charge on any atom is -0.496 e. The Balaban J connectivity index is 1.79. The molecule has 144 valence electrons. The van der Waals surface area contributed by atoms with Gasteiger partial charge in [-0.05, 0) is 67.4 Å². The number of aryl methyl sites for hydroxylation is 1. The number of hydrogen-bond donors (Lipinski definition) is 1. The molecule has 1 amide bonds. The molecule has 0 heterocycles. The van der Waals surface area contributed by atoms with Crippen molar-refractivity contribution in [2.24, 2.45) is 0 Å². The van der Waals surface area contributed by atoms with Gasteiger partial charge in [-0.2, -0.15) is 0 Å². The van der Waals surface area contributed by atoms with Crippen LogP contribution in [-0.4, -0.2) is 13.0 Å². The molecule has 0 saturated heterocycles. The van der Waals surface area contributed by atoms with Crippen LogP contribution < -0.4 is 14.8 Å². The van der Waals surface area contributed by atoms with Crippen LogP contribution >= 0.6 is 11.6 Å². The SMILES string of the molecule is COc1ccc(C(=O)Nc2cccc(Cl)c2C)cc1COc1cccc(C)c1. The molecule has 3 rings (SSSR count). The highest BCUT2D eigenvalue weighted by Gasteiger charge is 2.13. The van der Waals surface area contributed by atoms with Crippen molar-refractivity contribution in [3.63, 3.8) is 0 Å². The summed E-state index contributed by atoms with van der Waals surface area (Å²) in [5, 5.41) is 3.52. The zero-order valence-electron chi connectivity index (χ0n) is 16.1. The first-order valence-corrected chi connectivity index (χ1v) is 9.28. The van der Waals surface area contributed by atoms with Crippen molar-refractivity contribution in [2.75, 3.05) is 12.4 Å². The van der Waals surface area contributed by atoms with Crippen LogP contribution in [0.15, 0.2) is 60.7 Å². The fourth-order valence-electron chi connectivity index (χ4n) is 2.84. The lowest BCUT2D eigenvalue weighted by Crippen LogP contribution is -2.13. The van der Waals surface area contributed by atoms with Crippen LogP contribution in [0.5, 0.6) is 11.5 Å². The van der Waals surface area contributed by atoms with E-state index in [1.807, 2.05) is 44.2 Å². The Bertz CT molecular complexity index is 1000. The van der Waals surface area contributed by atoms with Gasteiger partial charge in [0.05, 0.1) is 7.11 Å². The predicted octanol–water partition coefficient (Wildman–Crippen LogP) is 5.80. The third kappa shape index (κ3) is 4.65. The highest BCUT2D eigenvalue weighted by Crippen LogP contribution is 2.26. The molecule has 0 bridgehead atoms. The van der Waals surface area contributed by atoms with Gasteiger partial charge < -0.3 is 14.8 Å². The largest absolute Gasteiger partial charge is 0.496 e. The van der Waals surface area contributed by atoms with Crippen LogP contribution in [-0.2, 0) is 6.61 Å². The van der Waals surface area contributed by atoms with Crippen LogP contribution in [0.1, 0.15) is 27.0 Å². The number of carbonyl (C=O) groups is 1. The molecule has 0 spiro atoms. The normalized spacial score (nSPS) is 10.4. The third-order valence-electron chi connectivity index (χ3n) is 4.44. The number of benzene rings is 3. The predicted molar refractivity (Wildman–Crippen MR) is 113 cm³/mol. The van der Waals surface area contributed by atoms with E-state index in [2.05, 4.69) is 5.32 Å². The smallest absolute Gasteiger partial charge is 0.255 e. The highest BCUT2D eigenvalue weighted by atomic mass is 35.5. The fourth-order valence-corrected chi connectivity index (χ4v) is 3.01. The topological polar surface area (TPSA) is 47.6 Å². The Kier molecular flexibility index (Phi) is 6.22. The van der Waals surface area contributed by atoms with Gasteiger partial charge in [0.1, 0.15) is 18.1 Å². The summed E-state index contributed by atoms with van der Waals surface area (Å²) in [4.78, 5) is 12.7. The number of nitrogens with one attached hydrogen (secondary N) is 1. The summed E-state index contributed by atoms with van der Waals surface area (Å²) >= 11 is 6.13. The van der Waals surface area contributed by atoms with Crippen molar-refractivity contribution in [2.45, 2.75) is 20.5 Å². The van der Waals surface area contributed by atoms with Gasteiger partial charge in [0.2, 0.25) is 0 Å². The van der Waals surface area contributed by atoms with Gasteiger partial charge in [-0.25, -0.2) is 0 Å². The molecule has 1 N–H and O–H groups in total. The van der Waals surface area contributed by atoms with E-state index in [9.17, 15) is 4.79 Å². The van der Waals surface area contributed by atoms with E-state index in [4.69, 9.17) is 21.1 Å². The van der Waals surface area contributed by atoms with Gasteiger partial charge in [-0.3, -0.25) is 4.79 Å². The maximum atomic E-state index is 12.7. The Labute approximate surface area is 170 Å².